The molecular weight excluding hydrogens is 611 g/mol. The highest BCUT2D eigenvalue weighted by molar-refractivity contribution is 7.86. The van der Waals surface area contributed by atoms with Crippen molar-refractivity contribution in [3.8, 4) is 11.3 Å². The molecule has 1 unspecified atom stereocenters. The molecule has 3 heterocycles. The first-order chi connectivity index (χ1) is 21.5. The topological polar surface area (TPSA) is 154 Å². The van der Waals surface area contributed by atoms with Gasteiger partial charge >= 0.3 is 0 Å². The van der Waals surface area contributed by atoms with Crippen molar-refractivity contribution in [2.45, 2.75) is 30.1 Å². The first-order valence-electron chi connectivity index (χ1n) is 13.6. The Kier molecular flexibility index (Phi) is 9.34. The lowest BCUT2D eigenvalue weighted by Gasteiger charge is -2.38. The van der Waals surface area contributed by atoms with Crippen LogP contribution in [0.5, 0.6) is 0 Å². The number of halogens is 3. The molecule has 0 amide bonds. The predicted molar refractivity (Wildman–Crippen MR) is 158 cm³/mol. The molecule has 0 saturated carbocycles. The smallest absolute Gasteiger partial charge is 0.275 e. The number of rotatable bonds is 7. The SMILES string of the molecule is C[C@@H](c1ncncc1F)[C@](O)(CN1C=NCN1)c1ccc(F)cc1-c1ncncc1F.O=S(=O)(O)C1C=CCc2ccccc21. The van der Waals surface area contributed by atoms with E-state index in [1.54, 1.807) is 25.1 Å². The van der Waals surface area contributed by atoms with Crippen LogP contribution < -0.4 is 5.43 Å². The third-order valence-corrected chi connectivity index (χ3v) is 8.57. The van der Waals surface area contributed by atoms with E-state index >= 15 is 0 Å². The van der Waals surface area contributed by atoms with E-state index in [0.717, 1.165) is 42.8 Å². The van der Waals surface area contributed by atoms with Gasteiger partial charge in [0.25, 0.3) is 10.1 Å². The second kappa shape index (κ2) is 13.2. The Bertz CT molecular complexity index is 1860. The fourth-order valence-corrected chi connectivity index (χ4v) is 6.13. The highest BCUT2D eigenvalue weighted by Crippen LogP contribution is 2.42. The number of hydrogen-bond donors (Lipinski definition) is 3. The maximum absolute atomic E-state index is 14.5. The highest BCUT2D eigenvalue weighted by atomic mass is 32.2. The predicted octanol–water partition coefficient (Wildman–Crippen LogP) is 3.88. The average Bonchev–Trinajstić information content (AvgIpc) is 3.53. The van der Waals surface area contributed by atoms with Crippen LogP contribution >= 0.6 is 0 Å². The second-order valence-corrected chi connectivity index (χ2v) is 11.9. The molecule has 1 aliphatic heterocycles. The van der Waals surface area contributed by atoms with Gasteiger partial charge < -0.3 is 5.11 Å². The van der Waals surface area contributed by atoms with Crippen molar-refractivity contribution < 1.29 is 31.2 Å². The number of nitrogens with zero attached hydrogens (tertiary/aromatic N) is 6. The number of hydrogen-bond acceptors (Lipinski definition) is 10. The van der Waals surface area contributed by atoms with Gasteiger partial charge in [0, 0.05) is 11.5 Å². The molecule has 6 rings (SSSR count). The van der Waals surface area contributed by atoms with Crippen LogP contribution in [0.15, 0.2) is 84.7 Å². The van der Waals surface area contributed by atoms with Gasteiger partial charge in [-0.1, -0.05) is 49.4 Å². The monoisotopic (exact) mass is 639 g/mol. The fourth-order valence-electron chi connectivity index (χ4n) is 5.27. The molecule has 0 radical (unpaired) electrons. The van der Waals surface area contributed by atoms with Crippen LogP contribution in [0.25, 0.3) is 11.3 Å². The number of aliphatic hydroxyl groups is 1. The van der Waals surface area contributed by atoms with Gasteiger partial charge in [-0.2, -0.15) is 8.42 Å². The molecule has 1 aliphatic carbocycles. The Morgan fingerprint density at radius 2 is 1.80 bits per heavy atom. The molecular formula is C30H28F3N7O4S. The van der Waals surface area contributed by atoms with Crippen molar-refractivity contribution in [1.82, 2.24) is 30.4 Å². The zero-order valence-electron chi connectivity index (χ0n) is 23.8. The van der Waals surface area contributed by atoms with Crippen molar-refractivity contribution in [1.29, 1.82) is 0 Å². The molecule has 2 aliphatic rings. The van der Waals surface area contributed by atoms with Crippen LogP contribution in [0.4, 0.5) is 13.2 Å². The normalized spacial score (nSPS) is 17.6. The number of aromatic nitrogens is 4. The standard InChI is InChI=1S/C20H18F3N7O.C10H10O3S/c1-12(18-16(22)5-24-8-27-18)20(31,7-30-11-26-10-29-30)15-3-2-13(21)4-14(15)19-17(23)6-25-9-28-19;11-14(12,13)10-7-3-5-8-4-1-2-6-9(8)10/h2-6,8-9,11-12,29,31H,7,10H2,1H3;1-4,6-7,10H,5H2,(H,11,12,13)/t12-,20+;/m0./s1. The molecule has 3 N–H and O–H groups in total. The minimum absolute atomic E-state index is 0.0138. The number of allylic oxidation sites excluding steroid dienone is 1. The van der Waals surface area contributed by atoms with Gasteiger partial charge in [0.1, 0.15) is 48.0 Å². The minimum Gasteiger partial charge on any atom is -0.383 e. The Balaban J connectivity index is 0.000000238. The van der Waals surface area contributed by atoms with Crippen molar-refractivity contribution in [3.63, 3.8) is 0 Å². The molecule has 45 heavy (non-hydrogen) atoms. The maximum atomic E-state index is 14.5. The van der Waals surface area contributed by atoms with Crippen LogP contribution in [0.2, 0.25) is 0 Å². The second-order valence-electron chi connectivity index (χ2n) is 10.3. The third kappa shape index (κ3) is 6.91. The highest BCUT2D eigenvalue weighted by Gasteiger charge is 2.43. The lowest BCUT2D eigenvalue weighted by Crippen LogP contribution is -2.47. The van der Waals surface area contributed by atoms with Gasteiger partial charge in [0.2, 0.25) is 0 Å². The van der Waals surface area contributed by atoms with E-state index in [-0.39, 0.29) is 29.1 Å². The van der Waals surface area contributed by atoms with Crippen LogP contribution in [0, 0.1) is 17.5 Å². The van der Waals surface area contributed by atoms with Crippen LogP contribution in [-0.4, -0.2) is 62.6 Å². The molecule has 2 aromatic heterocycles. The van der Waals surface area contributed by atoms with Gasteiger partial charge in [-0.05, 0) is 35.2 Å². The summed E-state index contributed by atoms with van der Waals surface area (Å²) >= 11 is 0. The summed E-state index contributed by atoms with van der Waals surface area (Å²) in [5.74, 6) is -3.10. The van der Waals surface area contributed by atoms with Gasteiger partial charge in [0.15, 0.2) is 11.6 Å². The Hall–Kier alpha value is -4.57. The van der Waals surface area contributed by atoms with Crippen molar-refractivity contribution in [2.75, 3.05) is 13.2 Å². The number of aliphatic imine (C=N–C) groups is 1. The van der Waals surface area contributed by atoms with E-state index in [9.17, 15) is 26.7 Å². The zero-order valence-corrected chi connectivity index (χ0v) is 24.6. The molecule has 0 spiro atoms. The van der Waals surface area contributed by atoms with Crippen molar-refractivity contribution in [3.05, 3.63) is 120 Å². The molecule has 4 aromatic rings. The summed E-state index contributed by atoms with van der Waals surface area (Å²) in [6.07, 6.45) is 9.71. The maximum Gasteiger partial charge on any atom is 0.275 e. The molecule has 234 valence electrons. The molecule has 15 heteroatoms. The third-order valence-electron chi connectivity index (χ3n) is 7.52. The van der Waals surface area contributed by atoms with Gasteiger partial charge in [-0.3, -0.25) is 14.6 Å². The summed E-state index contributed by atoms with van der Waals surface area (Å²) in [7, 11) is -4.03. The zero-order chi connectivity index (χ0) is 32.2. The van der Waals surface area contributed by atoms with E-state index < -0.39 is 44.3 Å². The largest absolute Gasteiger partial charge is 0.383 e. The number of fused-ring (bicyclic) bond motifs is 1. The van der Waals surface area contributed by atoms with E-state index in [4.69, 9.17) is 4.55 Å². The number of β-amino-alcohol motifs (C(OH)–C–C–N with tert-alkyl or cyclic N) is 1. The first kappa shape index (κ1) is 31.8. The number of hydrazine groups is 1. The Morgan fingerprint density at radius 3 is 2.49 bits per heavy atom. The van der Waals surface area contributed by atoms with Gasteiger partial charge in [0.05, 0.1) is 24.6 Å². The summed E-state index contributed by atoms with van der Waals surface area (Å²) in [6, 6.07) is 10.8. The minimum atomic E-state index is -4.03. The van der Waals surface area contributed by atoms with E-state index in [0.29, 0.717) is 12.2 Å². The molecule has 0 saturated heterocycles. The fraction of sp³-hybridized carbons (Fsp3) is 0.233. The van der Waals surface area contributed by atoms with Crippen molar-refractivity contribution >= 4 is 16.5 Å². The van der Waals surface area contributed by atoms with Crippen LogP contribution in [0.1, 0.15) is 40.5 Å². The summed E-state index contributed by atoms with van der Waals surface area (Å²) in [5.41, 5.74) is 2.62. The summed E-state index contributed by atoms with van der Waals surface area (Å²) in [5, 5.41) is 12.6. The lowest BCUT2D eigenvalue weighted by molar-refractivity contribution is -0.0135. The molecule has 0 bridgehead atoms. The van der Waals surface area contributed by atoms with E-state index in [1.807, 2.05) is 12.1 Å². The molecule has 11 nitrogen and oxygen atoms in total. The van der Waals surface area contributed by atoms with E-state index in [1.165, 1.54) is 29.8 Å². The summed E-state index contributed by atoms with van der Waals surface area (Å²) in [4.78, 5) is 19.2. The lowest BCUT2D eigenvalue weighted by atomic mass is 9.77. The summed E-state index contributed by atoms with van der Waals surface area (Å²) < 4.78 is 74.3. The number of nitrogens with one attached hydrogen (secondary N) is 1. The Labute approximate surface area is 257 Å². The molecule has 3 atom stereocenters. The number of benzene rings is 2. The van der Waals surface area contributed by atoms with Gasteiger partial charge in [-0.15, -0.1) is 0 Å². The quantitative estimate of drug-likeness (QED) is 0.201. The molecule has 0 fully saturated rings. The first-order valence-corrected chi connectivity index (χ1v) is 15.1. The van der Waals surface area contributed by atoms with Crippen LogP contribution in [-0.2, 0) is 22.1 Å². The Morgan fingerprint density at radius 1 is 1.07 bits per heavy atom. The van der Waals surface area contributed by atoms with Crippen LogP contribution in [0.3, 0.4) is 0 Å². The molecule has 2 aromatic carbocycles. The van der Waals surface area contributed by atoms with E-state index in [2.05, 4.69) is 30.4 Å². The summed E-state index contributed by atoms with van der Waals surface area (Å²) in [6.45, 7) is 1.75. The van der Waals surface area contributed by atoms with Crippen molar-refractivity contribution in [2.24, 2.45) is 4.99 Å². The average molecular weight is 640 g/mol. The van der Waals surface area contributed by atoms with Gasteiger partial charge in [-0.25, -0.2) is 38.5 Å².